The topological polar surface area (TPSA) is 47.5 Å². The molecule has 61 heavy (non-hydrogen) atoms. The lowest BCUT2D eigenvalue weighted by atomic mass is 9.98. The lowest BCUT2D eigenvalue weighted by Gasteiger charge is -2.12. The Morgan fingerprint density at radius 2 is 1.38 bits per heavy atom. The molecule has 11 rings (SSSR count). The molecule has 0 unspecified atom stereocenters. The largest absolute Gasteiger partial charge is 0.309 e. The van der Waals surface area contributed by atoms with Gasteiger partial charge < -0.3 is 9.13 Å². The van der Waals surface area contributed by atoms with Crippen molar-refractivity contribution in [2.24, 2.45) is 9.98 Å². The Hall–Kier alpha value is -7.89. The van der Waals surface area contributed by atoms with E-state index in [2.05, 4.69) is 196 Å². The van der Waals surface area contributed by atoms with Crippen LogP contribution in [0.1, 0.15) is 24.0 Å². The summed E-state index contributed by atoms with van der Waals surface area (Å²) in [5.41, 5.74) is 14.2. The Morgan fingerprint density at radius 1 is 0.623 bits per heavy atom. The number of fused-ring (bicyclic) bond motifs is 7. The standard InChI is InChI=1S/C56H41N5/c1-57-49(39-16-6-3-7-17-39)35-50(59-36-38-14-4-2-5-15-38)40-26-29-43(30-27-40)60-53-23-11-9-20-47(53)56-45(21-13-25-55(56)60)41-28-31-54-48(34-41)46-19-8-10-22-52(46)61(54)51-24-12-18-42-37-58-33-32-44(42)51/h3-4,6-35,37H,1-2,5,36H2/b49-35-,59-50?. The van der Waals surface area contributed by atoms with Gasteiger partial charge in [0.1, 0.15) is 0 Å². The molecule has 0 fully saturated rings. The highest BCUT2D eigenvalue weighted by Crippen LogP contribution is 2.41. The fourth-order valence-corrected chi connectivity index (χ4v) is 9.16. The van der Waals surface area contributed by atoms with Crippen LogP contribution >= 0.6 is 0 Å². The molecule has 0 bridgehead atoms. The Labute approximate surface area is 354 Å². The van der Waals surface area contributed by atoms with Crippen molar-refractivity contribution in [1.82, 2.24) is 14.1 Å². The molecule has 0 saturated carbocycles. The van der Waals surface area contributed by atoms with Gasteiger partial charge in [0.15, 0.2) is 0 Å². The molecule has 3 heterocycles. The van der Waals surface area contributed by atoms with Crippen LogP contribution in [0.2, 0.25) is 0 Å². The Balaban J connectivity index is 1.04. The third kappa shape index (κ3) is 6.39. The van der Waals surface area contributed by atoms with E-state index in [0.29, 0.717) is 6.54 Å². The summed E-state index contributed by atoms with van der Waals surface area (Å²) in [7, 11) is 0. The zero-order chi connectivity index (χ0) is 40.7. The second kappa shape index (κ2) is 15.4. The summed E-state index contributed by atoms with van der Waals surface area (Å²) < 4.78 is 4.79. The number of nitrogens with zero attached hydrogens (tertiary/aromatic N) is 5. The van der Waals surface area contributed by atoms with Crippen molar-refractivity contribution >= 4 is 72.5 Å². The molecule has 0 radical (unpaired) electrons. The Bertz CT molecular complexity index is 3440. The van der Waals surface area contributed by atoms with E-state index in [1.54, 1.807) is 0 Å². The van der Waals surface area contributed by atoms with Gasteiger partial charge in [0, 0.05) is 56.0 Å². The smallest absolute Gasteiger partial charge is 0.0716 e. The van der Waals surface area contributed by atoms with E-state index >= 15 is 0 Å². The molecule has 7 aromatic carbocycles. The first kappa shape index (κ1) is 36.2. The fourth-order valence-electron chi connectivity index (χ4n) is 9.16. The maximum atomic E-state index is 5.16. The third-order valence-corrected chi connectivity index (χ3v) is 12.0. The first-order chi connectivity index (χ1) is 30.2. The van der Waals surface area contributed by atoms with Crippen molar-refractivity contribution in [2.75, 3.05) is 6.54 Å². The van der Waals surface area contributed by atoms with Crippen molar-refractivity contribution in [2.45, 2.75) is 12.8 Å². The van der Waals surface area contributed by atoms with Gasteiger partial charge in [-0.2, -0.15) is 0 Å². The van der Waals surface area contributed by atoms with E-state index in [0.717, 1.165) is 63.2 Å². The molecule has 0 N–H and O–H groups in total. The molecule has 1 aliphatic rings. The molecular formula is C56H41N5. The van der Waals surface area contributed by atoms with Crippen LogP contribution in [0.4, 0.5) is 0 Å². The highest BCUT2D eigenvalue weighted by molar-refractivity contribution is 6.18. The van der Waals surface area contributed by atoms with Crippen LogP contribution in [0.5, 0.6) is 0 Å². The van der Waals surface area contributed by atoms with Gasteiger partial charge in [-0.3, -0.25) is 15.0 Å². The molecule has 0 saturated heterocycles. The molecule has 1 aliphatic carbocycles. The highest BCUT2D eigenvalue weighted by Gasteiger charge is 2.19. The number of hydrogen-bond acceptors (Lipinski definition) is 3. The van der Waals surface area contributed by atoms with Crippen molar-refractivity contribution in [1.29, 1.82) is 0 Å². The normalized spacial score (nSPS) is 13.5. The molecule has 3 aromatic heterocycles. The minimum atomic E-state index is 0.603. The van der Waals surface area contributed by atoms with E-state index in [9.17, 15) is 0 Å². The average Bonchev–Trinajstić information content (AvgIpc) is 3.85. The highest BCUT2D eigenvalue weighted by atomic mass is 15.0. The van der Waals surface area contributed by atoms with Crippen molar-refractivity contribution in [3.8, 4) is 22.5 Å². The quantitative estimate of drug-likeness (QED) is 0.135. The Morgan fingerprint density at radius 3 is 2.20 bits per heavy atom. The van der Waals surface area contributed by atoms with E-state index in [4.69, 9.17) is 4.99 Å². The summed E-state index contributed by atoms with van der Waals surface area (Å²) in [6.07, 6.45) is 14.7. The molecular weight excluding hydrogens is 743 g/mol. The van der Waals surface area contributed by atoms with E-state index in [1.807, 2.05) is 30.6 Å². The van der Waals surface area contributed by atoms with Crippen molar-refractivity contribution in [3.63, 3.8) is 0 Å². The summed E-state index contributed by atoms with van der Waals surface area (Å²) in [4.78, 5) is 14.0. The SMILES string of the molecule is C=N/C(=C\C(=NCC1=CCCC=C1)c1ccc(-n2c3ccccc3c3c(-c4ccc5c(c4)c4ccccc4n5-c4cccc5cnccc45)cccc32)cc1)c1ccccc1. The minimum Gasteiger partial charge on any atom is -0.309 e. The van der Waals surface area contributed by atoms with Crippen molar-refractivity contribution < 1.29 is 0 Å². The lowest BCUT2D eigenvalue weighted by Crippen LogP contribution is -2.03. The first-order valence-corrected chi connectivity index (χ1v) is 20.9. The molecule has 0 amide bonds. The minimum absolute atomic E-state index is 0.603. The summed E-state index contributed by atoms with van der Waals surface area (Å²) in [5, 5.41) is 7.19. The van der Waals surface area contributed by atoms with E-state index in [-0.39, 0.29) is 0 Å². The zero-order valence-electron chi connectivity index (χ0n) is 33.6. The predicted molar refractivity (Wildman–Crippen MR) is 258 cm³/mol. The predicted octanol–water partition coefficient (Wildman–Crippen LogP) is 13.9. The van der Waals surface area contributed by atoms with Crippen LogP contribution in [-0.4, -0.2) is 33.1 Å². The monoisotopic (exact) mass is 783 g/mol. The Kier molecular flexibility index (Phi) is 9.12. The van der Waals surface area contributed by atoms with Crippen LogP contribution in [0.25, 0.3) is 82.6 Å². The van der Waals surface area contributed by atoms with Gasteiger partial charge in [-0.25, -0.2) is 0 Å². The second-order valence-corrected chi connectivity index (χ2v) is 15.6. The molecule has 5 heteroatoms. The number of allylic oxidation sites excluding steroid dienone is 3. The number of aromatic nitrogens is 3. The number of benzene rings is 7. The number of rotatable bonds is 9. The molecule has 0 spiro atoms. The lowest BCUT2D eigenvalue weighted by molar-refractivity contribution is 0.995. The van der Waals surface area contributed by atoms with E-state index < -0.39 is 0 Å². The van der Waals surface area contributed by atoms with Crippen LogP contribution in [-0.2, 0) is 0 Å². The van der Waals surface area contributed by atoms with Gasteiger partial charge in [-0.1, -0.05) is 127 Å². The first-order valence-electron chi connectivity index (χ1n) is 20.9. The van der Waals surface area contributed by atoms with Crippen LogP contribution < -0.4 is 0 Å². The van der Waals surface area contributed by atoms with Crippen LogP contribution in [0.3, 0.4) is 0 Å². The average molecular weight is 784 g/mol. The van der Waals surface area contributed by atoms with Gasteiger partial charge >= 0.3 is 0 Å². The zero-order valence-corrected chi connectivity index (χ0v) is 33.6. The molecule has 290 valence electrons. The molecule has 0 aliphatic heterocycles. The van der Waals surface area contributed by atoms with Crippen LogP contribution in [0, 0.1) is 0 Å². The maximum Gasteiger partial charge on any atom is 0.0716 e. The van der Waals surface area contributed by atoms with Gasteiger partial charge in [0.2, 0.25) is 0 Å². The fraction of sp³-hybridized carbons (Fsp3) is 0.0536. The molecule has 5 nitrogen and oxygen atoms in total. The number of hydrogen-bond donors (Lipinski definition) is 0. The maximum absolute atomic E-state index is 5.16. The third-order valence-electron chi connectivity index (χ3n) is 12.0. The molecule has 0 atom stereocenters. The van der Waals surface area contributed by atoms with Gasteiger partial charge in [0.25, 0.3) is 0 Å². The summed E-state index contributed by atoms with van der Waals surface area (Å²) in [6.45, 7) is 4.52. The molecule has 10 aromatic rings. The summed E-state index contributed by atoms with van der Waals surface area (Å²) in [6, 6.07) is 58.7. The number of pyridine rings is 1. The van der Waals surface area contributed by atoms with Gasteiger partial charge in [-0.15, -0.1) is 0 Å². The summed E-state index contributed by atoms with van der Waals surface area (Å²) in [5.74, 6) is 0. The van der Waals surface area contributed by atoms with Crippen LogP contribution in [0.15, 0.2) is 216 Å². The number of para-hydroxylation sites is 2. The second-order valence-electron chi connectivity index (χ2n) is 15.6. The van der Waals surface area contributed by atoms with Gasteiger partial charge in [0.05, 0.1) is 45.7 Å². The van der Waals surface area contributed by atoms with Crippen molar-refractivity contribution in [3.05, 3.63) is 217 Å². The number of aliphatic imine (C=N–C) groups is 2. The van der Waals surface area contributed by atoms with E-state index in [1.165, 1.54) is 54.7 Å². The summed E-state index contributed by atoms with van der Waals surface area (Å²) >= 11 is 0. The van der Waals surface area contributed by atoms with Gasteiger partial charge in [-0.05, 0) is 102 Å².